The molecule has 1 N–H and O–H groups in total. The smallest absolute Gasteiger partial charge is 0.260 e. The van der Waals surface area contributed by atoms with E-state index in [-0.39, 0.29) is 18.4 Å². The Morgan fingerprint density at radius 3 is 3.00 bits per heavy atom. The number of carbonyl (C=O) groups excluding carboxylic acids is 2. The van der Waals surface area contributed by atoms with E-state index >= 15 is 0 Å². The monoisotopic (exact) mass is 345 g/mol. The van der Waals surface area contributed by atoms with Crippen LogP contribution >= 0.6 is 11.6 Å². The summed E-state index contributed by atoms with van der Waals surface area (Å²) in [6, 6.07) is 6.45. The van der Waals surface area contributed by atoms with Crippen molar-refractivity contribution in [1.82, 2.24) is 4.98 Å². The first-order valence-electron chi connectivity index (χ1n) is 7.29. The Kier molecular flexibility index (Phi) is 3.50. The van der Waals surface area contributed by atoms with Gasteiger partial charge in [0, 0.05) is 11.8 Å². The van der Waals surface area contributed by atoms with Gasteiger partial charge in [0.2, 0.25) is 5.91 Å². The minimum atomic E-state index is -0.385. The molecule has 1 aromatic carbocycles. The van der Waals surface area contributed by atoms with E-state index < -0.39 is 0 Å². The van der Waals surface area contributed by atoms with Crippen LogP contribution in [0.2, 0.25) is 5.02 Å². The van der Waals surface area contributed by atoms with Gasteiger partial charge in [0.05, 0.1) is 10.7 Å². The highest BCUT2D eigenvalue weighted by molar-refractivity contribution is 6.33. The second-order valence-electron chi connectivity index (χ2n) is 5.30. The van der Waals surface area contributed by atoms with Crippen LogP contribution in [0.5, 0.6) is 11.5 Å². The lowest BCUT2D eigenvalue weighted by Gasteiger charge is -2.28. The molecule has 2 aromatic rings. The Morgan fingerprint density at radius 1 is 1.29 bits per heavy atom. The van der Waals surface area contributed by atoms with Gasteiger partial charge < -0.3 is 14.8 Å². The van der Waals surface area contributed by atoms with Crippen LogP contribution in [0.4, 0.5) is 11.5 Å². The number of hydrogen-bond acceptors (Lipinski definition) is 5. The van der Waals surface area contributed by atoms with E-state index in [1.165, 1.54) is 11.0 Å². The molecule has 0 radical (unpaired) electrons. The SMILES string of the molecule is O=C1CN(C(=O)c2cc(Cl)c3c(c2)OCCO3)c2ncccc2N1. The number of nitrogens with one attached hydrogen (secondary N) is 1. The number of carbonyl (C=O) groups is 2. The molecule has 4 rings (SSSR count). The zero-order chi connectivity index (χ0) is 16.7. The highest BCUT2D eigenvalue weighted by Gasteiger charge is 2.30. The molecule has 0 saturated heterocycles. The van der Waals surface area contributed by atoms with Crippen LogP contribution in [0, 0.1) is 0 Å². The van der Waals surface area contributed by atoms with Gasteiger partial charge in [0.1, 0.15) is 19.8 Å². The van der Waals surface area contributed by atoms with Crippen molar-refractivity contribution in [3.63, 3.8) is 0 Å². The van der Waals surface area contributed by atoms with Crippen molar-refractivity contribution in [3.8, 4) is 11.5 Å². The maximum atomic E-state index is 12.9. The minimum absolute atomic E-state index is 0.116. The lowest BCUT2D eigenvalue weighted by Crippen LogP contribution is -2.42. The summed E-state index contributed by atoms with van der Waals surface area (Å²) in [5.41, 5.74) is 0.793. The van der Waals surface area contributed by atoms with Gasteiger partial charge in [-0.25, -0.2) is 4.98 Å². The maximum absolute atomic E-state index is 12.9. The fraction of sp³-hybridized carbons (Fsp3) is 0.188. The molecule has 0 atom stereocenters. The standard InChI is InChI=1S/C16H12ClN3O4/c17-10-6-9(7-12-14(10)24-5-4-23-12)16(22)20-8-13(21)19-11-2-1-3-18-15(11)20/h1-3,6-7H,4-5,8H2,(H,19,21). The molecule has 0 saturated carbocycles. The number of rotatable bonds is 1. The fourth-order valence-electron chi connectivity index (χ4n) is 2.68. The second kappa shape index (κ2) is 5.68. The van der Waals surface area contributed by atoms with Gasteiger partial charge in [-0.1, -0.05) is 11.6 Å². The number of nitrogens with zero attached hydrogens (tertiary/aromatic N) is 2. The van der Waals surface area contributed by atoms with Crippen LogP contribution in [0.1, 0.15) is 10.4 Å². The van der Waals surface area contributed by atoms with E-state index in [9.17, 15) is 9.59 Å². The van der Waals surface area contributed by atoms with Crippen LogP contribution in [-0.4, -0.2) is 36.6 Å². The second-order valence-corrected chi connectivity index (χ2v) is 5.70. The molecule has 3 heterocycles. The van der Waals surface area contributed by atoms with Crippen LogP contribution in [0.3, 0.4) is 0 Å². The van der Waals surface area contributed by atoms with E-state index in [1.807, 2.05) is 0 Å². The van der Waals surface area contributed by atoms with Crippen LogP contribution in [0.25, 0.3) is 0 Å². The molecule has 0 fully saturated rings. The Bertz CT molecular complexity index is 855. The number of ether oxygens (including phenoxy) is 2. The summed E-state index contributed by atoms with van der Waals surface area (Å²) in [5.74, 6) is 0.568. The zero-order valence-corrected chi connectivity index (χ0v) is 13.2. The molecule has 2 aliphatic rings. The first-order valence-corrected chi connectivity index (χ1v) is 7.67. The highest BCUT2D eigenvalue weighted by Crippen LogP contribution is 2.39. The first kappa shape index (κ1) is 14.8. The molecule has 122 valence electrons. The number of pyridine rings is 1. The van der Waals surface area contributed by atoms with Crippen molar-refractivity contribution in [2.45, 2.75) is 0 Å². The first-order chi connectivity index (χ1) is 11.6. The van der Waals surface area contributed by atoms with E-state index in [0.29, 0.717) is 46.8 Å². The van der Waals surface area contributed by atoms with Crippen molar-refractivity contribution in [3.05, 3.63) is 41.0 Å². The topological polar surface area (TPSA) is 80.8 Å². The summed E-state index contributed by atoms with van der Waals surface area (Å²) in [6.07, 6.45) is 1.56. The largest absolute Gasteiger partial charge is 0.486 e. The number of amides is 2. The van der Waals surface area contributed by atoms with Crippen molar-refractivity contribution < 1.29 is 19.1 Å². The van der Waals surface area contributed by atoms with Gasteiger partial charge in [0.15, 0.2) is 17.3 Å². The fourth-order valence-corrected chi connectivity index (χ4v) is 2.94. The molecule has 8 heteroatoms. The summed E-state index contributed by atoms with van der Waals surface area (Å²) in [6.45, 7) is 0.677. The van der Waals surface area contributed by atoms with Gasteiger partial charge in [-0.3, -0.25) is 14.5 Å². The average molecular weight is 346 g/mol. The highest BCUT2D eigenvalue weighted by atomic mass is 35.5. The predicted octanol–water partition coefficient (Wildman–Crippen LogP) is 2.11. The lowest BCUT2D eigenvalue weighted by molar-refractivity contribution is -0.115. The summed E-state index contributed by atoms with van der Waals surface area (Å²) < 4.78 is 10.9. The molecule has 0 aliphatic carbocycles. The third kappa shape index (κ3) is 2.43. The Morgan fingerprint density at radius 2 is 2.12 bits per heavy atom. The molecule has 7 nitrogen and oxygen atoms in total. The number of anilines is 2. The number of aromatic nitrogens is 1. The third-order valence-corrected chi connectivity index (χ3v) is 3.99. The zero-order valence-electron chi connectivity index (χ0n) is 12.4. The number of hydrogen-bond donors (Lipinski definition) is 1. The Balaban J connectivity index is 1.74. The van der Waals surface area contributed by atoms with E-state index in [1.54, 1.807) is 24.4 Å². The maximum Gasteiger partial charge on any atom is 0.260 e. The van der Waals surface area contributed by atoms with Crippen molar-refractivity contribution >= 4 is 34.9 Å². The Hall–Kier alpha value is -2.80. The van der Waals surface area contributed by atoms with Crippen molar-refractivity contribution in [2.24, 2.45) is 0 Å². The van der Waals surface area contributed by atoms with Gasteiger partial charge in [-0.05, 0) is 24.3 Å². The van der Waals surface area contributed by atoms with Gasteiger partial charge in [-0.2, -0.15) is 0 Å². The van der Waals surface area contributed by atoms with Crippen LogP contribution in [0.15, 0.2) is 30.5 Å². The van der Waals surface area contributed by atoms with Crippen LogP contribution in [-0.2, 0) is 4.79 Å². The molecule has 24 heavy (non-hydrogen) atoms. The molecule has 0 unspecified atom stereocenters. The minimum Gasteiger partial charge on any atom is -0.486 e. The van der Waals surface area contributed by atoms with Crippen LogP contribution < -0.4 is 19.7 Å². The lowest BCUT2D eigenvalue weighted by atomic mass is 10.1. The van der Waals surface area contributed by atoms with Crippen molar-refractivity contribution in [1.29, 1.82) is 0 Å². The summed E-state index contributed by atoms with van der Waals surface area (Å²) in [5, 5.41) is 2.98. The summed E-state index contributed by atoms with van der Waals surface area (Å²) in [4.78, 5) is 30.3. The predicted molar refractivity (Wildman–Crippen MR) is 87.0 cm³/mol. The van der Waals surface area contributed by atoms with E-state index in [0.717, 1.165) is 0 Å². The van der Waals surface area contributed by atoms with Gasteiger partial charge in [-0.15, -0.1) is 0 Å². The molecule has 0 spiro atoms. The van der Waals surface area contributed by atoms with E-state index in [4.69, 9.17) is 21.1 Å². The number of benzene rings is 1. The molecule has 2 amide bonds. The average Bonchev–Trinajstić information content (AvgIpc) is 2.60. The molecule has 2 aliphatic heterocycles. The quantitative estimate of drug-likeness (QED) is 0.856. The summed E-state index contributed by atoms with van der Waals surface area (Å²) in [7, 11) is 0. The molecule has 0 bridgehead atoms. The summed E-state index contributed by atoms with van der Waals surface area (Å²) >= 11 is 6.19. The van der Waals surface area contributed by atoms with Crippen molar-refractivity contribution in [2.75, 3.05) is 30.0 Å². The van der Waals surface area contributed by atoms with Gasteiger partial charge in [0.25, 0.3) is 5.91 Å². The van der Waals surface area contributed by atoms with E-state index in [2.05, 4.69) is 10.3 Å². The number of fused-ring (bicyclic) bond motifs is 2. The third-order valence-electron chi connectivity index (χ3n) is 3.71. The Labute approximate surface area is 142 Å². The normalized spacial score (nSPS) is 15.5. The molecular formula is C16H12ClN3O4. The molecule has 1 aromatic heterocycles. The molecular weight excluding hydrogens is 334 g/mol. The van der Waals surface area contributed by atoms with Gasteiger partial charge >= 0.3 is 0 Å². The number of halogens is 1.